The van der Waals surface area contributed by atoms with Gasteiger partial charge in [-0.05, 0) is 43.5 Å². The van der Waals surface area contributed by atoms with E-state index in [0.717, 1.165) is 17.7 Å². The molecule has 1 saturated carbocycles. The van der Waals surface area contributed by atoms with Gasteiger partial charge in [-0.3, -0.25) is 44.5 Å². The van der Waals surface area contributed by atoms with E-state index in [-0.39, 0.29) is 30.0 Å². The number of fused-ring (bicyclic) bond motifs is 2. The van der Waals surface area contributed by atoms with Gasteiger partial charge in [0.1, 0.15) is 11.7 Å². The number of piperidine rings is 1. The average Bonchev–Trinajstić information content (AvgIpc) is 3.58. The van der Waals surface area contributed by atoms with Crippen molar-refractivity contribution < 1.29 is 33.4 Å². The Balaban J connectivity index is 0.749. The minimum Gasteiger partial charge on any atom is -0.382 e. The zero-order valence-electron chi connectivity index (χ0n) is 30.7. The van der Waals surface area contributed by atoms with Crippen LogP contribution in [-0.2, 0) is 35.8 Å². The molecule has 2 unspecified atom stereocenters. The summed E-state index contributed by atoms with van der Waals surface area (Å²) in [5.41, 5.74) is 2.46. The zero-order valence-corrected chi connectivity index (χ0v) is 30.7. The molecule has 8 rings (SSSR count). The van der Waals surface area contributed by atoms with Gasteiger partial charge >= 0.3 is 0 Å². The molecule has 4 aliphatic rings. The van der Waals surface area contributed by atoms with Gasteiger partial charge < -0.3 is 19.5 Å². The molecule has 1 aromatic carbocycles. The summed E-state index contributed by atoms with van der Waals surface area (Å²) in [5.74, 6) is -1.65. The third kappa shape index (κ3) is 7.57. The van der Waals surface area contributed by atoms with Crippen molar-refractivity contribution in [3.05, 3.63) is 71.3 Å². The van der Waals surface area contributed by atoms with Crippen LogP contribution in [0.5, 0.6) is 0 Å². The van der Waals surface area contributed by atoms with E-state index < -0.39 is 35.1 Å². The molecule has 19 heteroatoms. The number of rotatable bonds is 17. The summed E-state index contributed by atoms with van der Waals surface area (Å²) in [6, 6.07) is 10.1. The van der Waals surface area contributed by atoms with Gasteiger partial charge in [-0.15, -0.1) is 5.10 Å². The molecule has 4 amide bonds. The number of nitriles is 1. The van der Waals surface area contributed by atoms with E-state index in [4.69, 9.17) is 19.2 Å². The van der Waals surface area contributed by atoms with Gasteiger partial charge in [0.15, 0.2) is 11.2 Å². The number of carbonyl (C=O) groups is 4. The van der Waals surface area contributed by atoms with Crippen molar-refractivity contribution in [2.75, 3.05) is 51.5 Å². The lowest BCUT2D eigenvalue weighted by Crippen LogP contribution is -2.54. The summed E-state index contributed by atoms with van der Waals surface area (Å²) in [6.07, 6.45) is 8.74. The Morgan fingerprint density at radius 1 is 0.947 bits per heavy atom. The van der Waals surface area contributed by atoms with Gasteiger partial charge in [-0.25, -0.2) is 9.67 Å². The van der Waals surface area contributed by atoms with Crippen LogP contribution < -0.4 is 10.6 Å². The number of carbonyl (C=O) groups excluding carboxylic acids is 4. The number of pyridine rings is 1. The molecule has 0 spiro atoms. The largest absolute Gasteiger partial charge is 0.382 e. The number of nitrogens with zero attached hydrogens (tertiary/aromatic N) is 9. The fraction of sp³-hybridized carbons (Fsp3) is 0.395. The molecular formula is C38H38N12O7. The highest BCUT2D eigenvalue weighted by molar-refractivity contribution is 6.26. The normalized spacial score (nSPS) is 20.8. The molecule has 4 aromatic rings. The number of nitrogens with one attached hydrogen (secondary N) is 3. The Kier molecular flexibility index (Phi) is 10.7. The number of hydrogen-bond donors (Lipinski definition) is 3. The molecule has 1 saturated heterocycles. The van der Waals surface area contributed by atoms with Crippen molar-refractivity contribution in [2.24, 2.45) is 9.98 Å². The van der Waals surface area contributed by atoms with E-state index in [1.807, 2.05) is 6.07 Å². The Morgan fingerprint density at radius 3 is 2.53 bits per heavy atom. The van der Waals surface area contributed by atoms with Crippen LogP contribution in [0.4, 0.5) is 11.5 Å². The first kappa shape index (κ1) is 37.4. The molecule has 2 atom stereocenters. The Hall–Kier alpha value is -6.49. The summed E-state index contributed by atoms with van der Waals surface area (Å²) < 4.78 is 18.7. The number of anilines is 1. The molecule has 3 aliphatic heterocycles. The van der Waals surface area contributed by atoms with E-state index in [9.17, 15) is 24.4 Å². The fourth-order valence-electron chi connectivity index (χ4n) is 6.93. The van der Waals surface area contributed by atoms with E-state index >= 15 is 0 Å². The second-order valence-electron chi connectivity index (χ2n) is 13.7. The number of benzene rings is 1. The van der Waals surface area contributed by atoms with Crippen LogP contribution in [0.25, 0.3) is 11.3 Å². The van der Waals surface area contributed by atoms with Gasteiger partial charge in [-0.2, -0.15) is 10.4 Å². The molecule has 292 valence electrons. The lowest BCUT2D eigenvalue weighted by atomic mass is 9.75. The molecular weight excluding hydrogens is 736 g/mol. The van der Waals surface area contributed by atoms with Gasteiger partial charge in [0.2, 0.25) is 11.8 Å². The molecule has 1 aliphatic carbocycles. The maximum Gasteiger partial charge on any atom is 0.264 e. The minimum absolute atomic E-state index is 0.0555. The maximum atomic E-state index is 13.2. The van der Waals surface area contributed by atoms with Crippen molar-refractivity contribution in [3.63, 3.8) is 0 Å². The second kappa shape index (κ2) is 16.3. The number of H-pyrrole nitrogens is 1. The molecule has 0 radical (unpaired) electrons. The standard InChI is InChI=1S/C38H38N12O7/c39-21-38(22-42-34-26(19-43-47-34)33(38)44-23-6-7-23)32-24(4-2-10-41-32)28-20-49(48-46-28)12-14-56-16-18-57-17-15-55-13-11-40-27-5-1-3-25-31(27)37(54)50(36(25)53)29-8-9-30(51)45-35(29)52/h1-5,10,19-20,22-23,29,40H,6-9,11-18H2,(H,43,47)(H,45,51,52). The van der Waals surface area contributed by atoms with Crippen LogP contribution in [0.3, 0.4) is 0 Å². The number of amides is 4. The molecule has 3 N–H and O–H groups in total. The van der Waals surface area contributed by atoms with Crippen LogP contribution in [0.15, 0.2) is 58.9 Å². The van der Waals surface area contributed by atoms with Gasteiger partial charge in [0.05, 0.1) is 98.8 Å². The molecule has 2 fully saturated rings. The molecule has 19 nitrogen and oxygen atoms in total. The van der Waals surface area contributed by atoms with E-state index in [1.54, 1.807) is 53.8 Å². The first-order valence-electron chi connectivity index (χ1n) is 18.6. The average molecular weight is 775 g/mol. The monoisotopic (exact) mass is 774 g/mol. The van der Waals surface area contributed by atoms with Crippen LogP contribution >= 0.6 is 0 Å². The predicted molar refractivity (Wildman–Crippen MR) is 201 cm³/mol. The lowest BCUT2D eigenvalue weighted by molar-refractivity contribution is -0.136. The first-order valence-corrected chi connectivity index (χ1v) is 18.6. The van der Waals surface area contributed by atoms with E-state index in [0.29, 0.717) is 92.5 Å². The third-order valence-corrected chi connectivity index (χ3v) is 9.90. The van der Waals surface area contributed by atoms with Gasteiger partial charge in [-0.1, -0.05) is 11.3 Å². The van der Waals surface area contributed by atoms with Crippen LogP contribution in [-0.4, -0.2) is 129 Å². The quantitative estimate of drug-likeness (QED) is 0.102. The van der Waals surface area contributed by atoms with Crippen molar-refractivity contribution in [1.29, 1.82) is 5.26 Å². The smallest absolute Gasteiger partial charge is 0.264 e. The highest BCUT2D eigenvalue weighted by Crippen LogP contribution is 2.40. The summed E-state index contributed by atoms with van der Waals surface area (Å²) in [6.45, 7) is 2.89. The number of imide groups is 2. The highest BCUT2D eigenvalue weighted by atomic mass is 16.5. The summed E-state index contributed by atoms with van der Waals surface area (Å²) >= 11 is 0. The SMILES string of the molecule is N#CC1(c2ncccc2-c2cn(CCOCCOCCOCCNc3cccc4c3C(=O)N(C3CCC(=O)NC3=O)C4=O)nn2)C=Nc2[nH]ncc2C1=NC1CC1. The predicted octanol–water partition coefficient (Wildman–Crippen LogP) is 1.76. The van der Waals surface area contributed by atoms with Crippen LogP contribution in [0.2, 0.25) is 0 Å². The lowest BCUT2D eigenvalue weighted by Gasteiger charge is -2.28. The molecule has 57 heavy (non-hydrogen) atoms. The third-order valence-electron chi connectivity index (χ3n) is 9.90. The Labute approximate surface area is 325 Å². The summed E-state index contributed by atoms with van der Waals surface area (Å²) in [7, 11) is 0. The molecule has 0 bridgehead atoms. The van der Waals surface area contributed by atoms with Crippen molar-refractivity contribution in [2.45, 2.75) is 49.7 Å². The number of ether oxygens (including phenoxy) is 3. The Bertz CT molecular complexity index is 2310. The molecule has 3 aromatic heterocycles. The first-order chi connectivity index (χ1) is 27.9. The van der Waals surface area contributed by atoms with Gasteiger partial charge in [0, 0.05) is 36.6 Å². The van der Waals surface area contributed by atoms with Crippen molar-refractivity contribution in [1.82, 2.24) is 40.4 Å². The van der Waals surface area contributed by atoms with E-state index in [2.05, 4.69) is 47.2 Å². The number of aliphatic imine (C=N–C) groups is 2. The second-order valence-corrected chi connectivity index (χ2v) is 13.7. The van der Waals surface area contributed by atoms with Crippen LogP contribution in [0.1, 0.15) is 57.7 Å². The topological polar surface area (TPSA) is 244 Å². The van der Waals surface area contributed by atoms with Gasteiger partial charge in [0.25, 0.3) is 11.8 Å². The highest BCUT2D eigenvalue weighted by Gasteiger charge is 2.47. The Morgan fingerprint density at radius 2 is 1.74 bits per heavy atom. The number of hydrogen-bond acceptors (Lipinski definition) is 15. The fourth-order valence-corrected chi connectivity index (χ4v) is 6.93. The number of aromatic amines is 1. The summed E-state index contributed by atoms with van der Waals surface area (Å²) in [4.78, 5) is 65.2. The number of aromatic nitrogens is 6. The zero-order chi connectivity index (χ0) is 39.4. The van der Waals surface area contributed by atoms with E-state index in [1.165, 1.54) is 0 Å². The van der Waals surface area contributed by atoms with Crippen molar-refractivity contribution in [3.8, 4) is 17.3 Å². The summed E-state index contributed by atoms with van der Waals surface area (Å²) in [5, 5.41) is 31.6. The van der Waals surface area contributed by atoms with Crippen LogP contribution in [0, 0.1) is 11.3 Å². The molecule has 6 heterocycles. The maximum absolute atomic E-state index is 13.2. The van der Waals surface area contributed by atoms with Crippen molar-refractivity contribution >= 4 is 47.1 Å². The minimum atomic E-state index is -1.33.